The summed E-state index contributed by atoms with van der Waals surface area (Å²) < 4.78 is 9.98. The molecular weight excluding hydrogens is 232 g/mol. The summed E-state index contributed by atoms with van der Waals surface area (Å²) in [5.74, 6) is -0.652. The molecule has 1 aliphatic heterocycles. The quantitative estimate of drug-likeness (QED) is 0.353. The Bertz CT molecular complexity index is 506. The lowest BCUT2D eigenvalue weighted by Crippen LogP contribution is -2.47. The van der Waals surface area contributed by atoms with Crippen LogP contribution in [0.4, 0.5) is 0 Å². The summed E-state index contributed by atoms with van der Waals surface area (Å²) >= 11 is 0. The van der Waals surface area contributed by atoms with Crippen molar-refractivity contribution in [2.45, 2.75) is 12.8 Å². The van der Waals surface area contributed by atoms with Gasteiger partial charge in [-0.2, -0.15) is 0 Å². The average molecular weight is 246 g/mol. The molecule has 0 spiro atoms. The zero-order valence-electron chi connectivity index (χ0n) is 10.1. The molecule has 1 heterocycles. The van der Waals surface area contributed by atoms with Crippen molar-refractivity contribution in [3.05, 3.63) is 42.5 Å². The van der Waals surface area contributed by atoms with Gasteiger partial charge in [-0.05, 0) is 18.1 Å². The molecule has 0 saturated carbocycles. The Kier molecular flexibility index (Phi) is 3.19. The molecule has 0 aromatic heterocycles. The van der Waals surface area contributed by atoms with Crippen LogP contribution in [0.25, 0.3) is 0 Å². The number of carbonyl (C=O) groups is 2. The van der Waals surface area contributed by atoms with Crippen LogP contribution in [0.2, 0.25) is 0 Å². The number of para-hydroxylation sites is 1. The van der Waals surface area contributed by atoms with Crippen molar-refractivity contribution in [1.82, 2.24) is 0 Å². The van der Waals surface area contributed by atoms with E-state index < -0.39 is 17.4 Å². The van der Waals surface area contributed by atoms with E-state index in [-0.39, 0.29) is 12.8 Å². The highest BCUT2D eigenvalue weighted by Crippen LogP contribution is 2.39. The van der Waals surface area contributed by atoms with Crippen LogP contribution in [0.15, 0.2) is 36.9 Å². The summed E-state index contributed by atoms with van der Waals surface area (Å²) in [6, 6.07) is 7.17. The lowest BCUT2D eigenvalue weighted by atomic mass is 9.77. The average Bonchev–Trinajstić information content (AvgIpc) is 2.39. The van der Waals surface area contributed by atoms with Crippen molar-refractivity contribution in [2.75, 3.05) is 7.11 Å². The molecule has 0 radical (unpaired) electrons. The summed E-state index contributed by atoms with van der Waals surface area (Å²) in [4.78, 5) is 24.0. The van der Waals surface area contributed by atoms with Gasteiger partial charge in [-0.3, -0.25) is 9.59 Å². The summed E-state index contributed by atoms with van der Waals surface area (Å²) in [5, 5.41) is 0. The lowest BCUT2D eigenvalue weighted by Gasteiger charge is -2.32. The van der Waals surface area contributed by atoms with Gasteiger partial charge in [0, 0.05) is 6.42 Å². The first-order valence-corrected chi connectivity index (χ1v) is 5.63. The van der Waals surface area contributed by atoms with Gasteiger partial charge in [-0.25, -0.2) is 0 Å². The Hall–Kier alpha value is -2.10. The molecule has 18 heavy (non-hydrogen) atoms. The van der Waals surface area contributed by atoms with Crippen molar-refractivity contribution in [3.63, 3.8) is 0 Å². The molecular formula is C14H14O4. The predicted molar refractivity (Wildman–Crippen MR) is 65.0 cm³/mol. The van der Waals surface area contributed by atoms with Gasteiger partial charge in [-0.15, -0.1) is 6.58 Å². The van der Waals surface area contributed by atoms with Gasteiger partial charge in [0.05, 0.1) is 7.11 Å². The molecule has 1 aromatic carbocycles. The van der Waals surface area contributed by atoms with Crippen LogP contribution in [0.1, 0.15) is 12.0 Å². The van der Waals surface area contributed by atoms with Gasteiger partial charge >= 0.3 is 11.9 Å². The van der Waals surface area contributed by atoms with E-state index in [1.165, 1.54) is 13.2 Å². The first-order chi connectivity index (χ1) is 8.64. The van der Waals surface area contributed by atoms with E-state index in [0.717, 1.165) is 5.56 Å². The number of carbonyl (C=O) groups excluding carboxylic acids is 2. The third kappa shape index (κ3) is 1.79. The number of hydrogen-bond donors (Lipinski definition) is 0. The fourth-order valence-corrected chi connectivity index (χ4v) is 2.18. The van der Waals surface area contributed by atoms with Gasteiger partial charge in [-0.1, -0.05) is 24.3 Å². The van der Waals surface area contributed by atoms with E-state index in [9.17, 15) is 9.59 Å². The smallest absolute Gasteiger partial charge is 0.329 e. The van der Waals surface area contributed by atoms with Crippen molar-refractivity contribution in [2.24, 2.45) is 5.41 Å². The molecule has 1 atom stereocenters. The van der Waals surface area contributed by atoms with Crippen LogP contribution in [0.3, 0.4) is 0 Å². The number of esters is 2. The van der Waals surface area contributed by atoms with Crippen LogP contribution in [0.5, 0.6) is 5.75 Å². The van der Waals surface area contributed by atoms with Crippen LogP contribution < -0.4 is 4.74 Å². The Balaban J connectivity index is 2.47. The normalized spacial score (nSPS) is 21.7. The summed E-state index contributed by atoms with van der Waals surface area (Å²) in [7, 11) is 1.26. The fraction of sp³-hybridized carbons (Fsp3) is 0.286. The Morgan fingerprint density at radius 2 is 2.28 bits per heavy atom. The summed E-state index contributed by atoms with van der Waals surface area (Å²) in [6.07, 6.45) is 2.01. The summed E-state index contributed by atoms with van der Waals surface area (Å²) in [6.45, 7) is 3.59. The molecule has 1 aromatic rings. The number of methoxy groups -OCH3 is 1. The maximum atomic E-state index is 12.1. The van der Waals surface area contributed by atoms with Gasteiger partial charge in [0.25, 0.3) is 0 Å². The topological polar surface area (TPSA) is 52.6 Å². The number of benzene rings is 1. The highest BCUT2D eigenvalue weighted by Gasteiger charge is 2.50. The second kappa shape index (κ2) is 4.64. The number of rotatable bonds is 3. The molecule has 0 amide bonds. The molecule has 1 unspecified atom stereocenters. The van der Waals surface area contributed by atoms with E-state index in [1.54, 1.807) is 12.1 Å². The second-order valence-electron chi connectivity index (χ2n) is 4.24. The third-order valence-corrected chi connectivity index (χ3v) is 3.13. The minimum absolute atomic E-state index is 0.201. The van der Waals surface area contributed by atoms with Gasteiger partial charge in [0.2, 0.25) is 0 Å². The number of allylic oxidation sites excluding steroid dienone is 1. The largest absolute Gasteiger partial charge is 0.468 e. The van der Waals surface area contributed by atoms with Crippen molar-refractivity contribution < 1.29 is 19.1 Å². The van der Waals surface area contributed by atoms with Crippen molar-refractivity contribution in [3.8, 4) is 5.75 Å². The summed E-state index contributed by atoms with van der Waals surface area (Å²) in [5.41, 5.74) is -0.477. The maximum Gasteiger partial charge on any atom is 0.329 e. The van der Waals surface area contributed by atoms with Crippen LogP contribution in [-0.4, -0.2) is 19.0 Å². The molecule has 0 fully saturated rings. The van der Waals surface area contributed by atoms with E-state index >= 15 is 0 Å². The van der Waals surface area contributed by atoms with Crippen molar-refractivity contribution in [1.29, 1.82) is 0 Å². The van der Waals surface area contributed by atoms with E-state index in [4.69, 9.17) is 9.47 Å². The van der Waals surface area contributed by atoms with Crippen LogP contribution >= 0.6 is 0 Å². The second-order valence-corrected chi connectivity index (χ2v) is 4.24. The zero-order chi connectivity index (χ0) is 13.2. The molecule has 0 aliphatic carbocycles. The van der Waals surface area contributed by atoms with E-state index in [1.807, 2.05) is 12.1 Å². The molecule has 4 heteroatoms. The fourth-order valence-electron chi connectivity index (χ4n) is 2.18. The Labute approximate surface area is 105 Å². The monoisotopic (exact) mass is 246 g/mol. The Morgan fingerprint density at radius 1 is 1.56 bits per heavy atom. The van der Waals surface area contributed by atoms with Gasteiger partial charge in [0.1, 0.15) is 5.75 Å². The van der Waals surface area contributed by atoms with Crippen LogP contribution in [-0.2, 0) is 20.7 Å². The predicted octanol–water partition coefficient (Wildman–Crippen LogP) is 1.88. The van der Waals surface area contributed by atoms with Gasteiger partial charge in [0.15, 0.2) is 5.41 Å². The minimum Gasteiger partial charge on any atom is -0.468 e. The zero-order valence-corrected chi connectivity index (χ0v) is 10.1. The molecule has 2 rings (SSSR count). The Morgan fingerprint density at radius 3 is 2.94 bits per heavy atom. The van der Waals surface area contributed by atoms with Crippen molar-refractivity contribution >= 4 is 11.9 Å². The van der Waals surface area contributed by atoms with Crippen LogP contribution in [0, 0.1) is 5.41 Å². The molecule has 0 saturated heterocycles. The molecule has 1 aliphatic rings. The highest BCUT2D eigenvalue weighted by atomic mass is 16.6. The number of hydrogen-bond acceptors (Lipinski definition) is 4. The van der Waals surface area contributed by atoms with E-state index in [0.29, 0.717) is 5.75 Å². The highest BCUT2D eigenvalue weighted by molar-refractivity contribution is 6.02. The molecule has 4 nitrogen and oxygen atoms in total. The molecule has 0 bridgehead atoms. The molecule has 94 valence electrons. The lowest BCUT2D eigenvalue weighted by molar-refractivity contribution is -0.166. The maximum absolute atomic E-state index is 12.1. The van der Waals surface area contributed by atoms with E-state index in [2.05, 4.69) is 6.58 Å². The standard InChI is InChI=1S/C14H14O4/c1-3-8-14(12(15)17-2)9-10-6-4-5-7-11(10)18-13(14)16/h3-7H,1,8-9H2,2H3. The first-order valence-electron chi connectivity index (χ1n) is 5.63. The SMILES string of the molecule is C=CCC1(C(=O)OC)Cc2ccccc2OC1=O. The minimum atomic E-state index is -1.30. The number of ether oxygens (including phenoxy) is 2. The van der Waals surface area contributed by atoms with Gasteiger partial charge < -0.3 is 9.47 Å². The number of fused-ring (bicyclic) bond motifs is 1. The molecule has 0 N–H and O–H groups in total. The first kappa shape index (κ1) is 12.4. The third-order valence-electron chi connectivity index (χ3n) is 3.13.